The number of carboxylic acid groups (broad SMARTS) is 1. The summed E-state index contributed by atoms with van der Waals surface area (Å²) in [5, 5.41) is 8.72. The fraction of sp³-hybridized carbons (Fsp3) is 0.333. The second-order valence-corrected chi connectivity index (χ2v) is 3.74. The van der Waals surface area contributed by atoms with Crippen molar-refractivity contribution in [3.8, 4) is 0 Å². The first kappa shape index (κ1) is 12.2. The number of benzene rings is 1. The van der Waals surface area contributed by atoms with Gasteiger partial charge in [-0.1, -0.05) is 30.3 Å². The molecule has 0 heterocycles. The number of hydrogen-bond acceptors (Lipinski definition) is 2. The van der Waals surface area contributed by atoms with Gasteiger partial charge in [0.1, 0.15) is 5.92 Å². The van der Waals surface area contributed by atoms with Gasteiger partial charge in [-0.15, -0.1) is 0 Å². The van der Waals surface area contributed by atoms with Crippen LogP contribution in [-0.4, -0.2) is 28.9 Å². The number of nitrogens with zero attached hydrogens (tertiary/aromatic N) is 1. The summed E-state index contributed by atoms with van der Waals surface area (Å²) in [6.45, 7) is 1.82. The monoisotopic (exact) mass is 221 g/mol. The van der Waals surface area contributed by atoms with E-state index in [1.165, 1.54) is 11.8 Å². The predicted octanol–water partition coefficient (Wildman–Crippen LogP) is 1.37. The molecule has 0 fully saturated rings. The molecule has 0 bridgehead atoms. The van der Waals surface area contributed by atoms with Crippen molar-refractivity contribution in [2.45, 2.75) is 13.5 Å². The Balaban J connectivity index is 2.62. The fourth-order valence-electron chi connectivity index (χ4n) is 1.37. The zero-order chi connectivity index (χ0) is 12.1. The SMILES string of the molecule is CC(C(=O)O)C(=O)N(C)Cc1ccccc1. The molecule has 0 aliphatic rings. The maximum Gasteiger partial charge on any atom is 0.315 e. The first-order valence-corrected chi connectivity index (χ1v) is 5.04. The minimum atomic E-state index is -1.09. The van der Waals surface area contributed by atoms with Crippen LogP contribution in [-0.2, 0) is 16.1 Å². The largest absolute Gasteiger partial charge is 0.481 e. The summed E-state index contributed by atoms with van der Waals surface area (Å²) in [6, 6.07) is 9.46. The van der Waals surface area contributed by atoms with Gasteiger partial charge in [0, 0.05) is 13.6 Å². The zero-order valence-electron chi connectivity index (χ0n) is 9.38. The van der Waals surface area contributed by atoms with E-state index in [1.807, 2.05) is 30.3 Å². The van der Waals surface area contributed by atoms with Crippen LogP contribution >= 0.6 is 0 Å². The fourth-order valence-corrected chi connectivity index (χ4v) is 1.37. The van der Waals surface area contributed by atoms with Gasteiger partial charge in [0.05, 0.1) is 0 Å². The minimum Gasteiger partial charge on any atom is -0.481 e. The van der Waals surface area contributed by atoms with Crippen LogP contribution in [0.3, 0.4) is 0 Å². The lowest BCUT2D eigenvalue weighted by Gasteiger charge is -2.19. The number of carbonyl (C=O) groups excluding carboxylic acids is 1. The molecule has 4 nitrogen and oxygen atoms in total. The molecule has 0 spiro atoms. The van der Waals surface area contributed by atoms with Crippen LogP contribution in [0.5, 0.6) is 0 Å². The highest BCUT2D eigenvalue weighted by atomic mass is 16.4. The molecule has 1 amide bonds. The average Bonchev–Trinajstić information content (AvgIpc) is 2.28. The molecule has 86 valence electrons. The van der Waals surface area contributed by atoms with Gasteiger partial charge in [0.2, 0.25) is 5.91 Å². The van der Waals surface area contributed by atoms with E-state index >= 15 is 0 Å². The lowest BCUT2D eigenvalue weighted by molar-refractivity contribution is -0.149. The molecule has 0 aliphatic carbocycles. The summed E-state index contributed by atoms with van der Waals surface area (Å²) in [7, 11) is 1.61. The zero-order valence-corrected chi connectivity index (χ0v) is 9.38. The smallest absolute Gasteiger partial charge is 0.315 e. The Morgan fingerprint density at radius 2 is 1.88 bits per heavy atom. The van der Waals surface area contributed by atoms with Crippen molar-refractivity contribution in [2.75, 3.05) is 7.05 Å². The van der Waals surface area contributed by atoms with Crippen LogP contribution in [0, 0.1) is 5.92 Å². The summed E-state index contributed by atoms with van der Waals surface area (Å²) in [5.41, 5.74) is 0.982. The Bertz CT molecular complexity index is 375. The molecule has 4 heteroatoms. The Kier molecular flexibility index (Phi) is 4.05. The molecule has 1 rings (SSSR count). The molecule has 1 aromatic rings. The van der Waals surface area contributed by atoms with E-state index in [0.717, 1.165) is 5.56 Å². The molecular formula is C12H15NO3. The van der Waals surface area contributed by atoms with E-state index in [4.69, 9.17) is 5.11 Å². The third-order valence-electron chi connectivity index (χ3n) is 2.38. The van der Waals surface area contributed by atoms with Crippen molar-refractivity contribution in [1.29, 1.82) is 0 Å². The van der Waals surface area contributed by atoms with Crippen molar-refractivity contribution in [3.63, 3.8) is 0 Å². The lowest BCUT2D eigenvalue weighted by Crippen LogP contribution is -2.34. The summed E-state index contributed by atoms with van der Waals surface area (Å²) in [4.78, 5) is 23.7. The van der Waals surface area contributed by atoms with Crippen LogP contribution < -0.4 is 0 Å². The summed E-state index contributed by atoms with van der Waals surface area (Å²) >= 11 is 0. The topological polar surface area (TPSA) is 57.6 Å². The molecule has 0 radical (unpaired) electrons. The Morgan fingerprint density at radius 1 is 1.31 bits per heavy atom. The van der Waals surface area contributed by atoms with Crippen molar-refractivity contribution < 1.29 is 14.7 Å². The van der Waals surface area contributed by atoms with Crippen molar-refractivity contribution >= 4 is 11.9 Å². The normalized spacial score (nSPS) is 11.9. The molecule has 1 unspecified atom stereocenters. The molecule has 1 aromatic carbocycles. The second-order valence-electron chi connectivity index (χ2n) is 3.74. The van der Waals surface area contributed by atoms with Crippen LogP contribution in [0.25, 0.3) is 0 Å². The van der Waals surface area contributed by atoms with Crippen molar-refractivity contribution in [1.82, 2.24) is 4.90 Å². The number of amides is 1. The highest BCUT2D eigenvalue weighted by Crippen LogP contribution is 2.07. The van der Waals surface area contributed by atoms with E-state index in [1.54, 1.807) is 7.05 Å². The molecule has 0 aliphatic heterocycles. The van der Waals surface area contributed by atoms with Crippen LogP contribution in [0.1, 0.15) is 12.5 Å². The Morgan fingerprint density at radius 3 is 2.38 bits per heavy atom. The molecule has 1 atom stereocenters. The lowest BCUT2D eigenvalue weighted by atomic mass is 10.1. The molecule has 16 heavy (non-hydrogen) atoms. The molecular weight excluding hydrogens is 206 g/mol. The van der Waals surface area contributed by atoms with Crippen LogP contribution in [0.4, 0.5) is 0 Å². The van der Waals surface area contributed by atoms with E-state index < -0.39 is 11.9 Å². The van der Waals surface area contributed by atoms with Gasteiger partial charge >= 0.3 is 5.97 Å². The highest BCUT2D eigenvalue weighted by Gasteiger charge is 2.23. The van der Waals surface area contributed by atoms with E-state index in [9.17, 15) is 9.59 Å². The Hall–Kier alpha value is -1.84. The van der Waals surface area contributed by atoms with Gasteiger partial charge in [-0.05, 0) is 12.5 Å². The van der Waals surface area contributed by atoms with Gasteiger partial charge < -0.3 is 10.0 Å². The second kappa shape index (κ2) is 5.30. The maximum atomic E-state index is 11.6. The molecule has 0 saturated heterocycles. The highest BCUT2D eigenvalue weighted by molar-refractivity contribution is 5.96. The quantitative estimate of drug-likeness (QED) is 0.781. The average molecular weight is 221 g/mol. The van der Waals surface area contributed by atoms with E-state index in [-0.39, 0.29) is 5.91 Å². The van der Waals surface area contributed by atoms with E-state index in [0.29, 0.717) is 6.54 Å². The third-order valence-corrected chi connectivity index (χ3v) is 2.38. The predicted molar refractivity (Wildman–Crippen MR) is 59.7 cm³/mol. The third kappa shape index (κ3) is 3.08. The molecule has 0 aromatic heterocycles. The maximum absolute atomic E-state index is 11.6. The first-order chi connectivity index (χ1) is 7.52. The molecule has 0 saturated carbocycles. The van der Waals surface area contributed by atoms with Crippen molar-refractivity contribution in [3.05, 3.63) is 35.9 Å². The standard InChI is InChI=1S/C12H15NO3/c1-9(12(15)16)11(14)13(2)8-10-6-4-3-5-7-10/h3-7,9H,8H2,1-2H3,(H,15,16). The number of hydrogen-bond donors (Lipinski definition) is 1. The van der Waals surface area contributed by atoms with Gasteiger partial charge in [0.15, 0.2) is 0 Å². The summed E-state index contributed by atoms with van der Waals surface area (Å²) in [6.07, 6.45) is 0. The molecule has 1 N–H and O–H groups in total. The Labute approximate surface area is 94.5 Å². The van der Waals surface area contributed by atoms with Crippen molar-refractivity contribution in [2.24, 2.45) is 5.92 Å². The van der Waals surface area contributed by atoms with Gasteiger partial charge in [-0.3, -0.25) is 9.59 Å². The minimum absolute atomic E-state index is 0.378. The van der Waals surface area contributed by atoms with Gasteiger partial charge in [0.25, 0.3) is 0 Å². The number of rotatable bonds is 4. The van der Waals surface area contributed by atoms with Crippen LogP contribution in [0.15, 0.2) is 30.3 Å². The number of carbonyl (C=O) groups is 2. The summed E-state index contributed by atoms with van der Waals surface area (Å²) in [5.74, 6) is -2.46. The van der Waals surface area contributed by atoms with Gasteiger partial charge in [-0.2, -0.15) is 0 Å². The summed E-state index contributed by atoms with van der Waals surface area (Å²) < 4.78 is 0. The van der Waals surface area contributed by atoms with Gasteiger partial charge in [-0.25, -0.2) is 0 Å². The van der Waals surface area contributed by atoms with E-state index in [2.05, 4.69) is 0 Å². The first-order valence-electron chi connectivity index (χ1n) is 5.04. The number of aliphatic carboxylic acids is 1. The van der Waals surface area contributed by atoms with Crippen LogP contribution in [0.2, 0.25) is 0 Å². The number of carboxylic acids is 1.